The van der Waals surface area contributed by atoms with Crippen LogP contribution in [0.1, 0.15) is 33.2 Å². The Bertz CT molecular complexity index is 823. The Morgan fingerprint density at radius 2 is 2.04 bits per heavy atom. The van der Waals surface area contributed by atoms with Crippen LogP contribution < -0.4 is 5.32 Å². The summed E-state index contributed by atoms with van der Waals surface area (Å²) in [6.07, 6.45) is 1.85. The Hall–Kier alpha value is -2.47. The molecule has 2 N–H and O–H groups in total. The minimum absolute atomic E-state index is 0.149. The number of nitrogens with one attached hydrogen (secondary N) is 2. The first-order chi connectivity index (χ1) is 11.6. The highest BCUT2D eigenvalue weighted by Gasteiger charge is 2.14. The topological polar surface area (TPSA) is 70.7 Å². The summed E-state index contributed by atoms with van der Waals surface area (Å²) in [6, 6.07) is 12.0. The zero-order chi connectivity index (χ0) is 16.9. The van der Waals surface area contributed by atoms with Crippen LogP contribution in [0.5, 0.6) is 0 Å². The number of aromatic amines is 1. The van der Waals surface area contributed by atoms with Crippen molar-refractivity contribution in [3.05, 3.63) is 58.4 Å². The summed E-state index contributed by atoms with van der Waals surface area (Å²) in [5.41, 5.74) is 3.49. The number of amides is 1. The molecule has 0 bridgehead atoms. The fourth-order valence-electron chi connectivity index (χ4n) is 2.57. The summed E-state index contributed by atoms with van der Waals surface area (Å²) in [5.74, 6) is -0.149. The van der Waals surface area contributed by atoms with Gasteiger partial charge in [0, 0.05) is 6.54 Å². The van der Waals surface area contributed by atoms with E-state index in [1.807, 2.05) is 32.0 Å². The molecule has 0 saturated heterocycles. The Labute approximate surface area is 145 Å². The van der Waals surface area contributed by atoms with E-state index >= 15 is 0 Å². The van der Waals surface area contributed by atoms with E-state index in [1.165, 1.54) is 5.56 Å². The van der Waals surface area contributed by atoms with Crippen molar-refractivity contribution in [1.29, 1.82) is 0 Å². The van der Waals surface area contributed by atoms with Gasteiger partial charge >= 0.3 is 0 Å². The molecule has 2 aromatic heterocycles. The van der Waals surface area contributed by atoms with E-state index in [9.17, 15) is 4.79 Å². The molecule has 2 heterocycles. The lowest BCUT2D eigenvalue weighted by molar-refractivity contribution is 0.0948. The lowest BCUT2D eigenvalue weighted by Crippen LogP contribution is -2.25. The summed E-state index contributed by atoms with van der Waals surface area (Å²) < 4.78 is 0. The largest absolute Gasteiger partial charge is 0.351 e. The maximum absolute atomic E-state index is 12.2. The normalized spacial score (nSPS) is 10.8. The van der Waals surface area contributed by atoms with Crippen molar-refractivity contribution < 1.29 is 4.79 Å². The molecule has 0 atom stereocenters. The van der Waals surface area contributed by atoms with Gasteiger partial charge in [-0.15, -0.1) is 11.3 Å². The number of thiazole rings is 1. The number of H-pyrrole nitrogens is 1. The Balaban J connectivity index is 1.53. The van der Waals surface area contributed by atoms with Gasteiger partial charge < -0.3 is 5.32 Å². The van der Waals surface area contributed by atoms with Crippen LogP contribution in [0.25, 0.3) is 10.6 Å². The van der Waals surface area contributed by atoms with Crippen molar-refractivity contribution in [1.82, 2.24) is 20.5 Å². The number of rotatable bonds is 6. The molecule has 0 aliphatic rings. The van der Waals surface area contributed by atoms with Crippen LogP contribution in [0.2, 0.25) is 0 Å². The van der Waals surface area contributed by atoms with Crippen LogP contribution in [-0.4, -0.2) is 27.6 Å². The highest BCUT2D eigenvalue weighted by Crippen LogP contribution is 2.28. The van der Waals surface area contributed by atoms with E-state index < -0.39 is 0 Å². The number of aromatic nitrogens is 3. The van der Waals surface area contributed by atoms with E-state index in [0.29, 0.717) is 12.2 Å². The van der Waals surface area contributed by atoms with Crippen LogP contribution in [0.15, 0.2) is 36.4 Å². The average Bonchev–Trinajstić information content (AvgIpc) is 3.18. The second-order valence-electron chi connectivity index (χ2n) is 5.66. The Morgan fingerprint density at radius 1 is 1.25 bits per heavy atom. The fraction of sp³-hybridized carbons (Fsp3) is 0.278. The highest BCUT2D eigenvalue weighted by atomic mass is 32.1. The predicted octanol–water partition coefficient (Wildman–Crippen LogP) is 3.51. The van der Waals surface area contributed by atoms with Gasteiger partial charge in [0.25, 0.3) is 5.91 Å². The van der Waals surface area contributed by atoms with Crippen molar-refractivity contribution in [2.45, 2.75) is 26.7 Å². The number of hydrogen-bond donors (Lipinski definition) is 2. The van der Waals surface area contributed by atoms with E-state index in [2.05, 4.69) is 32.6 Å². The summed E-state index contributed by atoms with van der Waals surface area (Å²) in [5, 5.41) is 11.0. The molecule has 3 aromatic rings. The third-order valence-electron chi connectivity index (χ3n) is 3.73. The van der Waals surface area contributed by atoms with Crippen molar-refractivity contribution in [2.24, 2.45) is 0 Å². The lowest BCUT2D eigenvalue weighted by Gasteiger charge is -2.03. The maximum atomic E-state index is 12.2. The molecule has 0 spiro atoms. The van der Waals surface area contributed by atoms with Crippen molar-refractivity contribution in [3.63, 3.8) is 0 Å². The molecule has 3 rings (SSSR count). The molecule has 0 saturated carbocycles. The van der Waals surface area contributed by atoms with Gasteiger partial charge in [-0.25, -0.2) is 4.98 Å². The molecule has 124 valence electrons. The van der Waals surface area contributed by atoms with Gasteiger partial charge in [-0.3, -0.25) is 9.89 Å². The molecule has 5 nitrogen and oxygen atoms in total. The predicted molar refractivity (Wildman–Crippen MR) is 96.3 cm³/mol. The zero-order valence-corrected chi connectivity index (χ0v) is 14.6. The van der Waals surface area contributed by atoms with Crippen molar-refractivity contribution >= 4 is 17.2 Å². The van der Waals surface area contributed by atoms with E-state index in [4.69, 9.17) is 0 Å². The zero-order valence-electron chi connectivity index (χ0n) is 13.8. The van der Waals surface area contributed by atoms with Gasteiger partial charge in [0.2, 0.25) is 0 Å². The maximum Gasteiger partial charge on any atom is 0.271 e. The van der Waals surface area contributed by atoms with Crippen molar-refractivity contribution in [3.8, 4) is 10.6 Å². The van der Waals surface area contributed by atoms with Gasteiger partial charge in [-0.05, 0) is 38.3 Å². The summed E-state index contributed by atoms with van der Waals surface area (Å²) in [6.45, 7) is 4.56. The molecule has 1 amide bonds. The van der Waals surface area contributed by atoms with Crippen LogP contribution in [0.3, 0.4) is 0 Å². The number of carbonyl (C=O) groups is 1. The van der Waals surface area contributed by atoms with Crippen molar-refractivity contribution in [2.75, 3.05) is 6.54 Å². The monoisotopic (exact) mass is 340 g/mol. The minimum atomic E-state index is -0.149. The second kappa shape index (κ2) is 7.40. The summed E-state index contributed by atoms with van der Waals surface area (Å²) in [4.78, 5) is 17.6. The quantitative estimate of drug-likeness (QED) is 0.675. The van der Waals surface area contributed by atoms with Gasteiger partial charge in [0.1, 0.15) is 0 Å². The number of carbonyl (C=O) groups excluding carboxylic acids is 1. The number of nitrogens with zero attached hydrogens (tertiary/aromatic N) is 2. The van der Waals surface area contributed by atoms with E-state index in [-0.39, 0.29) is 5.91 Å². The smallest absolute Gasteiger partial charge is 0.271 e. The number of hydrogen-bond acceptors (Lipinski definition) is 4. The molecule has 0 aliphatic carbocycles. The Morgan fingerprint density at radius 3 is 2.75 bits per heavy atom. The molecular weight excluding hydrogens is 320 g/mol. The first-order valence-corrected chi connectivity index (χ1v) is 8.77. The van der Waals surface area contributed by atoms with E-state index in [1.54, 1.807) is 17.4 Å². The van der Waals surface area contributed by atoms with Gasteiger partial charge in [-0.1, -0.05) is 30.3 Å². The van der Waals surface area contributed by atoms with Gasteiger partial charge in [-0.2, -0.15) is 5.10 Å². The Kier molecular flexibility index (Phi) is 5.05. The lowest BCUT2D eigenvalue weighted by atomic mass is 10.1. The molecule has 0 radical (unpaired) electrons. The molecule has 0 fully saturated rings. The SMILES string of the molecule is Cc1nc(C)c(-c2cc(C(=O)NCCCc3ccccc3)n[nH]2)s1. The summed E-state index contributed by atoms with van der Waals surface area (Å²) >= 11 is 1.60. The van der Waals surface area contributed by atoms with Gasteiger partial charge in [0.15, 0.2) is 5.69 Å². The third-order valence-corrected chi connectivity index (χ3v) is 4.84. The molecule has 6 heteroatoms. The minimum Gasteiger partial charge on any atom is -0.351 e. The molecule has 24 heavy (non-hydrogen) atoms. The fourth-order valence-corrected chi connectivity index (χ4v) is 3.45. The average molecular weight is 340 g/mol. The standard InChI is InChI=1S/C18H20N4OS/c1-12-17(24-13(2)20-12)15-11-16(22-21-15)18(23)19-10-6-9-14-7-4-3-5-8-14/h3-5,7-8,11H,6,9-10H2,1-2H3,(H,19,23)(H,21,22). The van der Waals surface area contributed by atoms with Gasteiger partial charge in [0.05, 0.1) is 21.3 Å². The van der Waals surface area contributed by atoms with Crippen LogP contribution in [0.4, 0.5) is 0 Å². The molecule has 1 aromatic carbocycles. The first-order valence-electron chi connectivity index (χ1n) is 7.95. The van der Waals surface area contributed by atoms with Crippen LogP contribution >= 0.6 is 11.3 Å². The highest BCUT2D eigenvalue weighted by molar-refractivity contribution is 7.15. The van der Waals surface area contributed by atoms with Crippen LogP contribution in [-0.2, 0) is 6.42 Å². The van der Waals surface area contributed by atoms with Crippen LogP contribution in [0, 0.1) is 13.8 Å². The molecule has 0 unspecified atom stereocenters. The first kappa shape index (κ1) is 16.4. The third kappa shape index (κ3) is 3.89. The molecule has 0 aliphatic heterocycles. The number of benzene rings is 1. The summed E-state index contributed by atoms with van der Waals surface area (Å²) in [7, 11) is 0. The molecular formula is C18H20N4OS. The van der Waals surface area contributed by atoms with E-state index in [0.717, 1.165) is 34.1 Å². The second-order valence-corrected chi connectivity index (χ2v) is 6.86. The number of aryl methyl sites for hydroxylation is 3.